The first kappa shape index (κ1) is 14.5. The summed E-state index contributed by atoms with van der Waals surface area (Å²) in [5.74, 6) is 0.624. The monoisotopic (exact) mass is 254 g/mol. The largest absolute Gasteiger partial charge is 0.327 e. The van der Waals surface area contributed by atoms with Crippen molar-refractivity contribution in [2.24, 2.45) is 11.7 Å². The molecule has 3 heteroatoms. The molecule has 1 aromatic rings. The van der Waals surface area contributed by atoms with Crippen LogP contribution in [0.3, 0.4) is 0 Å². The lowest BCUT2D eigenvalue weighted by Crippen LogP contribution is -2.45. The summed E-state index contributed by atoms with van der Waals surface area (Å²) < 4.78 is 0. The maximum absolute atomic E-state index is 6.03. The van der Waals surface area contributed by atoms with Crippen LogP contribution in [-0.2, 0) is 6.54 Å². The van der Waals surface area contributed by atoms with Crippen LogP contribution < -0.4 is 5.73 Å². The van der Waals surface area contributed by atoms with Crippen molar-refractivity contribution in [2.45, 2.75) is 32.9 Å². The minimum Gasteiger partial charge on any atom is -0.327 e. The standard InChI is InChI=1S/C14H22N2.ClH/c1-11-4-3-5-13(8-11)10-16-7-6-14(15)12(2)9-16;/h3-5,8,12,14H,6-7,9-10,15H2,1-2H3;1H. The SMILES string of the molecule is Cc1cccc(CN2CCC(N)C(C)C2)c1.Cl. The molecule has 0 saturated carbocycles. The molecule has 0 aliphatic carbocycles. The van der Waals surface area contributed by atoms with Gasteiger partial charge < -0.3 is 5.73 Å². The lowest BCUT2D eigenvalue weighted by molar-refractivity contribution is 0.158. The van der Waals surface area contributed by atoms with Gasteiger partial charge in [0.25, 0.3) is 0 Å². The Morgan fingerprint density at radius 2 is 2.18 bits per heavy atom. The Morgan fingerprint density at radius 3 is 2.82 bits per heavy atom. The third-order valence-corrected chi connectivity index (χ3v) is 3.54. The highest BCUT2D eigenvalue weighted by Gasteiger charge is 2.22. The molecule has 17 heavy (non-hydrogen) atoms. The fourth-order valence-corrected chi connectivity index (χ4v) is 2.46. The van der Waals surface area contributed by atoms with Gasteiger partial charge in [0.2, 0.25) is 0 Å². The van der Waals surface area contributed by atoms with Gasteiger partial charge in [-0.3, -0.25) is 4.90 Å². The second-order valence-electron chi connectivity index (χ2n) is 5.15. The predicted molar refractivity (Wildman–Crippen MR) is 75.5 cm³/mol. The van der Waals surface area contributed by atoms with Crippen molar-refractivity contribution in [3.63, 3.8) is 0 Å². The smallest absolute Gasteiger partial charge is 0.0233 e. The molecule has 1 heterocycles. The summed E-state index contributed by atoms with van der Waals surface area (Å²) in [5.41, 5.74) is 8.80. The van der Waals surface area contributed by atoms with Crippen molar-refractivity contribution >= 4 is 12.4 Å². The van der Waals surface area contributed by atoms with E-state index in [4.69, 9.17) is 5.73 Å². The van der Waals surface area contributed by atoms with Gasteiger partial charge in [0.15, 0.2) is 0 Å². The molecule has 1 aliphatic rings. The molecule has 0 spiro atoms. The first-order valence-corrected chi connectivity index (χ1v) is 6.18. The molecule has 1 saturated heterocycles. The van der Waals surface area contributed by atoms with Crippen molar-refractivity contribution in [3.05, 3.63) is 35.4 Å². The first-order valence-electron chi connectivity index (χ1n) is 6.18. The number of aryl methyl sites for hydroxylation is 1. The maximum atomic E-state index is 6.03. The van der Waals surface area contributed by atoms with E-state index in [1.807, 2.05) is 0 Å². The van der Waals surface area contributed by atoms with E-state index in [1.165, 1.54) is 11.1 Å². The molecule has 1 aromatic carbocycles. The quantitative estimate of drug-likeness (QED) is 0.879. The molecular weight excluding hydrogens is 232 g/mol. The van der Waals surface area contributed by atoms with Crippen LogP contribution in [0.2, 0.25) is 0 Å². The summed E-state index contributed by atoms with van der Waals surface area (Å²) in [7, 11) is 0. The molecule has 1 fully saturated rings. The molecule has 0 aromatic heterocycles. The van der Waals surface area contributed by atoms with E-state index < -0.39 is 0 Å². The number of rotatable bonds is 2. The van der Waals surface area contributed by atoms with Gasteiger partial charge in [0, 0.05) is 19.1 Å². The van der Waals surface area contributed by atoms with Crippen LogP contribution in [0.1, 0.15) is 24.5 Å². The van der Waals surface area contributed by atoms with E-state index in [9.17, 15) is 0 Å². The van der Waals surface area contributed by atoms with E-state index in [2.05, 4.69) is 43.0 Å². The summed E-state index contributed by atoms with van der Waals surface area (Å²) in [6, 6.07) is 9.18. The Bertz CT molecular complexity index is 354. The third-order valence-electron chi connectivity index (χ3n) is 3.54. The second-order valence-corrected chi connectivity index (χ2v) is 5.15. The molecule has 0 bridgehead atoms. The van der Waals surface area contributed by atoms with Gasteiger partial charge in [0.05, 0.1) is 0 Å². The predicted octanol–water partition coefficient (Wildman–Crippen LogP) is 2.59. The normalized spacial score (nSPS) is 25.4. The lowest BCUT2D eigenvalue weighted by atomic mass is 9.94. The summed E-state index contributed by atoms with van der Waals surface area (Å²) in [5, 5.41) is 0. The molecule has 2 unspecified atom stereocenters. The van der Waals surface area contributed by atoms with Crippen molar-refractivity contribution in [2.75, 3.05) is 13.1 Å². The molecule has 2 atom stereocenters. The highest BCUT2D eigenvalue weighted by Crippen LogP contribution is 2.17. The molecule has 1 aliphatic heterocycles. The minimum absolute atomic E-state index is 0. The van der Waals surface area contributed by atoms with Crippen LogP contribution in [0.5, 0.6) is 0 Å². The Hall–Kier alpha value is -0.570. The van der Waals surface area contributed by atoms with E-state index in [0.29, 0.717) is 12.0 Å². The number of likely N-dealkylation sites (tertiary alicyclic amines) is 1. The first-order chi connectivity index (χ1) is 7.65. The number of halogens is 1. The molecule has 2 nitrogen and oxygen atoms in total. The summed E-state index contributed by atoms with van der Waals surface area (Å²) in [4.78, 5) is 2.52. The highest BCUT2D eigenvalue weighted by atomic mass is 35.5. The Morgan fingerprint density at radius 1 is 1.41 bits per heavy atom. The third kappa shape index (κ3) is 3.98. The fraction of sp³-hybridized carbons (Fsp3) is 0.571. The number of nitrogens with zero attached hydrogens (tertiary/aromatic N) is 1. The van der Waals surface area contributed by atoms with Crippen LogP contribution in [0.25, 0.3) is 0 Å². The van der Waals surface area contributed by atoms with E-state index in [0.717, 1.165) is 26.1 Å². The van der Waals surface area contributed by atoms with Gasteiger partial charge in [-0.25, -0.2) is 0 Å². The van der Waals surface area contributed by atoms with Crippen LogP contribution in [-0.4, -0.2) is 24.0 Å². The fourth-order valence-electron chi connectivity index (χ4n) is 2.46. The van der Waals surface area contributed by atoms with Crippen LogP contribution >= 0.6 is 12.4 Å². The maximum Gasteiger partial charge on any atom is 0.0233 e. The molecule has 2 N–H and O–H groups in total. The van der Waals surface area contributed by atoms with E-state index in [1.54, 1.807) is 0 Å². The Balaban J connectivity index is 0.00000144. The van der Waals surface area contributed by atoms with Gasteiger partial charge >= 0.3 is 0 Å². The second kappa shape index (κ2) is 6.39. The Kier molecular flexibility index (Phi) is 5.44. The number of nitrogens with two attached hydrogens (primary N) is 1. The molecule has 96 valence electrons. The van der Waals surface area contributed by atoms with Crippen molar-refractivity contribution in [1.29, 1.82) is 0 Å². The zero-order chi connectivity index (χ0) is 11.5. The van der Waals surface area contributed by atoms with Gasteiger partial charge in [-0.15, -0.1) is 12.4 Å². The summed E-state index contributed by atoms with van der Waals surface area (Å²) in [6.07, 6.45) is 1.13. The van der Waals surface area contributed by atoms with Gasteiger partial charge in [0.1, 0.15) is 0 Å². The zero-order valence-electron chi connectivity index (χ0n) is 10.7. The van der Waals surface area contributed by atoms with Crippen molar-refractivity contribution < 1.29 is 0 Å². The minimum atomic E-state index is 0. The van der Waals surface area contributed by atoms with E-state index >= 15 is 0 Å². The zero-order valence-corrected chi connectivity index (χ0v) is 11.5. The highest BCUT2D eigenvalue weighted by molar-refractivity contribution is 5.85. The average molecular weight is 255 g/mol. The van der Waals surface area contributed by atoms with Gasteiger partial charge in [-0.05, 0) is 31.4 Å². The van der Waals surface area contributed by atoms with Gasteiger partial charge in [-0.1, -0.05) is 36.8 Å². The summed E-state index contributed by atoms with van der Waals surface area (Å²) >= 11 is 0. The summed E-state index contributed by atoms with van der Waals surface area (Å²) in [6.45, 7) is 7.75. The van der Waals surface area contributed by atoms with Gasteiger partial charge in [-0.2, -0.15) is 0 Å². The van der Waals surface area contributed by atoms with Crippen molar-refractivity contribution in [1.82, 2.24) is 4.90 Å². The average Bonchev–Trinajstić information content (AvgIpc) is 2.24. The van der Waals surface area contributed by atoms with Crippen LogP contribution in [0.4, 0.5) is 0 Å². The number of hydrogen-bond donors (Lipinski definition) is 1. The number of hydrogen-bond acceptors (Lipinski definition) is 2. The molecule has 0 radical (unpaired) electrons. The molecule has 2 rings (SSSR count). The molecule has 0 amide bonds. The Labute approximate surface area is 111 Å². The number of benzene rings is 1. The number of piperidine rings is 1. The van der Waals surface area contributed by atoms with E-state index in [-0.39, 0.29) is 12.4 Å². The molecular formula is C14H23ClN2. The topological polar surface area (TPSA) is 29.3 Å². The van der Waals surface area contributed by atoms with Crippen molar-refractivity contribution in [3.8, 4) is 0 Å². The lowest BCUT2D eigenvalue weighted by Gasteiger charge is -2.35. The van der Waals surface area contributed by atoms with Crippen LogP contribution in [0, 0.1) is 12.8 Å². The van der Waals surface area contributed by atoms with Crippen LogP contribution in [0.15, 0.2) is 24.3 Å².